The van der Waals surface area contributed by atoms with E-state index in [2.05, 4.69) is 10.6 Å². The van der Waals surface area contributed by atoms with Crippen LogP contribution in [0.3, 0.4) is 0 Å². The van der Waals surface area contributed by atoms with E-state index in [4.69, 9.17) is 14.1 Å². The van der Waals surface area contributed by atoms with Crippen LogP contribution in [-0.4, -0.2) is 37.8 Å². The van der Waals surface area contributed by atoms with Gasteiger partial charge in [0.1, 0.15) is 5.76 Å². The molecule has 2 fully saturated rings. The van der Waals surface area contributed by atoms with E-state index in [1.807, 2.05) is 12.1 Å². The minimum Gasteiger partial charge on any atom is -0.469 e. The molecule has 2 heterocycles. The molecule has 5 nitrogen and oxygen atoms in total. The van der Waals surface area contributed by atoms with Crippen molar-refractivity contribution < 1.29 is 9.15 Å². The SMILES string of the molecule is c1coc(CCN=C(NC2CCCCC2)NC2CCOCC2)c1. The first-order valence-electron chi connectivity index (χ1n) is 9.08. The molecular formula is C18H29N3O2. The lowest BCUT2D eigenvalue weighted by Crippen LogP contribution is -2.49. The van der Waals surface area contributed by atoms with Crippen LogP contribution in [0, 0.1) is 0 Å². The van der Waals surface area contributed by atoms with Gasteiger partial charge < -0.3 is 19.8 Å². The van der Waals surface area contributed by atoms with E-state index >= 15 is 0 Å². The van der Waals surface area contributed by atoms with Crippen molar-refractivity contribution in [1.82, 2.24) is 10.6 Å². The first kappa shape index (κ1) is 16.4. The maximum atomic E-state index is 5.45. The lowest BCUT2D eigenvalue weighted by molar-refractivity contribution is 0.0821. The zero-order valence-corrected chi connectivity index (χ0v) is 13.9. The van der Waals surface area contributed by atoms with Crippen molar-refractivity contribution in [3.63, 3.8) is 0 Å². The Balaban J connectivity index is 1.54. The summed E-state index contributed by atoms with van der Waals surface area (Å²) >= 11 is 0. The number of aliphatic imine (C=N–C) groups is 1. The van der Waals surface area contributed by atoms with Crippen LogP contribution < -0.4 is 10.6 Å². The van der Waals surface area contributed by atoms with Gasteiger partial charge in [-0.25, -0.2) is 0 Å². The van der Waals surface area contributed by atoms with Gasteiger partial charge >= 0.3 is 0 Å². The van der Waals surface area contributed by atoms with Crippen LogP contribution >= 0.6 is 0 Å². The fraction of sp³-hybridized carbons (Fsp3) is 0.722. The summed E-state index contributed by atoms with van der Waals surface area (Å²) in [5.74, 6) is 1.96. The predicted octanol–water partition coefficient (Wildman–Crippen LogP) is 2.87. The molecule has 2 aliphatic rings. The Labute approximate surface area is 138 Å². The molecule has 0 unspecified atom stereocenters. The van der Waals surface area contributed by atoms with Crippen LogP contribution in [0.1, 0.15) is 50.7 Å². The highest BCUT2D eigenvalue weighted by atomic mass is 16.5. The number of nitrogens with zero attached hydrogens (tertiary/aromatic N) is 1. The summed E-state index contributed by atoms with van der Waals surface area (Å²) < 4.78 is 10.8. The van der Waals surface area contributed by atoms with Gasteiger partial charge in [0.05, 0.1) is 6.26 Å². The van der Waals surface area contributed by atoms with Crippen molar-refractivity contribution in [2.75, 3.05) is 19.8 Å². The molecule has 0 radical (unpaired) electrons. The first-order valence-corrected chi connectivity index (χ1v) is 9.08. The summed E-state index contributed by atoms with van der Waals surface area (Å²) in [6, 6.07) is 4.98. The first-order chi connectivity index (χ1) is 11.4. The van der Waals surface area contributed by atoms with Crippen molar-refractivity contribution in [3.05, 3.63) is 24.2 Å². The van der Waals surface area contributed by atoms with Gasteiger partial charge in [-0.15, -0.1) is 0 Å². The van der Waals surface area contributed by atoms with Gasteiger partial charge in [-0.1, -0.05) is 19.3 Å². The summed E-state index contributed by atoms with van der Waals surface area (Å²) in [6.07, 6.45) is 11.2. The highest BCUT2D eigenvalue weighted by molar-refractivity contribution is 5.80. The third-order valence-corrected chi connectivity index (χ3v) is 4.72. The molecule has 1 aliphatic heterocycles. The molecule has 0 aromatic carbocycles. The van der Waals surface area contributed by atoms with E-state index in [0.29, 0.717) is 12.1 Å². The largest absolute Gasteiger partial charge is 0.469 e. The third kappa shape index (κ3) is 5.57. The second-order valence-electron chi connectivity index (χ2n) is 6.57. The molecular weight excluding hydrogens is 290 g/mol. The van der Waals surface area contributed by atoms with Crippen LogP contribution in [-0.2, 0) is 11.2 Å². The number of hydrogen-bond acceptors (Lipinski definition) is 3. The molecule has 0 bridgehead atoms. The van der Waals surface area contributed by atoms with Crippen molar-refractivity contribution in [2.45, 2.75) is 63.5 Å². The van der Waals surface area contributed by atoms with E-state index in [1.54, 1.807) is 6.26 Å². The Hall–Kier alpha value is -1.49. The zero-order valence-electron chi connectivity index (χ0n) is 13.9. The summed E-state index contributed by atoms with van der Waals surface area (Å²) in [7, 11) is 0. The highest BCUT2D eigenvalue weighted by Gasteiger charge is 2.18. The quantitative estimate of drug-likeness (QED) is 0.647. The van der Waals surface area contributed by atoms with Crippen molar-refractivity contribution >= 4 is 5.96 Å². The van der Waals surface area contributed by atoms with Crippen LogP contribution in [0.15, 0.2) is 27.8 Å². The topological polar surface area (TPSA) is 58.8 Å². The number of rotatable bonds is 5. The van der Waals surface area contributed by atoms with Crippen molar-refractivity contribution in [3.8, 4) is 0 Å². The van der Waals surface area contributed by atoms with E-state index in [1.165, 1.54) is 32.1 Å². The lowest BCUT2D eigenvalue weighted by Gasteiger charge is -2.29. The Morgan fingerprint density at radius 1 is 1.04 bits per heavy atom. The van der Waals surface area contributed by atoms with Crippen molar-refractivity contribution in [1.29, 1.82) is 0 Å². The number of guanidine groups is 1. The molecule has 1 saturated carbocycles. The maximum Gasteiger partial charge on any atom is 0.191 e. The monoisotopic (exact) mass is 319 g/mol. The fourth-order valence-electron chi connectivity index (χ4n) is 3.34. The number of ether oxygens (including phenoxy) is 1. The fourth-order valence-corrected chi connectivity index (χ4v) is 3.34. The maximum absolute atomic E-state index is 5.45. The minimum atomic E-state index is 0.474. The molecule has 1 aromatic rings. The van der Waals surface area contributed by atoms with E-state index in [0.717, 1.165) is 50.7 Å². The molecule has 1 saturated heterocycles. The molecule has 0 atom stereocenters. The van der Waals surface area contributed by atoms with E-state index in [-0.39, 0.29) is 0 Å². The van der Waals surface area contributed by atoms with Gasteiger partial charge in [0, 0.05) is 38.3 Å². The van der Waals surface area contributed by atoms with Crippen LogP contribution in [0.25, 0.3) is 0 Å². The lowest BCUT2D eigenvalue weighted by atomic mass is 9.96. The Morgan fingerprint density at radius 2 is 1.78 bits per heavy atom. The van der Waals surface area contributed by atoms with Gasteiger partial charge in [0.25, 0.3) is 0 Å². The zero-order chi connectivity index (χ0) is 15.7. The molecule has 128 valence electrons. The standard InChI is InChI=1S/C18H29N3O2/c1-2-5-15(6-3-1)20-18(21-16-9-13-22-14-10-16)19-11-8-17-7-4-12-23-17/h4,7,12,15-16H,1-3,5-6,8-11,13-14H2,(H2,19,20,21). The molecule has 2 N–H and O–H groups in total. The van der Waals surface area contributed by atoms with E-state index in [9.17, 15) is 0 Å². The van der Waals surface area contributed by atoms with Crippen LogP contribution in [0.5, 0.6) is 0 Å². The predicted molar refractivity (Wildman–Crippen MR) is 91.7 cm³/mol. The van der Waals surface area contributed by atoms with Gasteiger partial charge in [0.15, 0.2) is 5.96 Å². The summed E-state index contributed by atoms with van der Waals surface area (Å²) in [5, 5.41) is 7.26. The van der Waals surface area contributed by atoms with Gasteiger partial charge in [-0.2, -0.15) is 0 Å². The molecule has 1 aromatic heterocycles. The van der Waals surface area contributed by atoms with E-state index < -0.39 is 0 Å². The number of hydrogen-bond donors (Lipinski definition) is 2. The smallest absolute Gasteiger partial charge is 0.191 e. The summed E-state index contributed by atoms with van der Waals surface area (Å²) in [6.45, 7) is 2.44. The van der Waals surface area contributed by atoms with Gasteiger partial charge in [0.2, 0.25) is 0 Å². The molecule has 23 heavy (non-hydrogen) atoms. The highest BCUT2D eigenvalue weighted by Crippen LogP contribution is 2.17. The second kappa shape index (κ2) is 8.96. The normalized spacial score (nSPS) is 21.3. The van der Waals surface area contributed by atoms with Gasteiger partial charge in [-0.3, -0.25) is 4.99 Å². The minimum absolute atomic E-state index is 0.474. The summed E-state index contributed by atoms with van der Waals surface area (Å²) in [4.78, 5) is 4.78. The van der Waals surface area contributed by atoms with Crippen molar-refractivity contribution in [2.24, 2.45) is 4.99 Å². The molecule has 0 amide bonds. The number of nitrogens with one attached hydrogen (secondary N) is 2. The third-order valence-electron chi connectivity index (χ3n) is 4.72. The summed E-state index contributed by atoms with van der Waals surface area (Å²) in [5.41, 5.74) is 0. The molecule has 0 spiro atoms. The molecule has 3 rings (SSSR count). The Bertz CT molecular complexity index is 439. The average molecular weight is 319 g/mol. The number of furan rings is 1. The molecule has 5 heteroatoms. The average Bonchev–Trinajstić information content (AvgIpc) is 3.10. The Kier molecular flexibility index (Phi) is 6.38. The van der Waals surface area contributed by atoms with Crippen LogP contribution in [0.2, 0.25) is 0 Å². The second-order valence-corrected chi connectivity index (χ2v) is 6.57. The molecule has 1 aliphatic carbocycles. The van der Waals surface area contributed by atoms with Gasteiger partial charge in [-0.05, 0) is 37.8 Å². The Morgan fingerprint density at radius 3 is 2.48 bits per heavy atom. The van der Waals surface area contributed by atoms with Crippen LogP contribution in [0.4, 0.5) is 0 Å².